The van der Waals surface area contributed by atoms with Gasteiger partial charge in [-0.1, -0.05) is 11.6 Å². The molecule has 0 amide bonds. The summed E-state index contributed by atoms with van der Waals surface area (Å²) >= 11 is 7.26. The number of piperidine rings is 1. The van der Waals surface area contributed by atoms with Crippen molar-refractivity contribution in [2.45, 2.75) is 17.1 Å². The second-order valence-electron chi connectivity index (χ2n) is 5.33. The molecule has 0 atom stereocenters. The quantitative estimate of drug-likeness (QED) is 0.931. The van der Waals surface area contributed by atoms with Gasteiger partial charge in [0, 0.05) is 22.8 Å². The molecule has 1 fully saturated rings. The minimum absolute atomic E-state index is 0.394. The molecule has 2 N–H and O–H groups in total. The van der Waals surface area contributed by atoms with Crippen molar-refractivity contribution in [3.8, 4) is 0 Å². The van der Waals surface area contributed by atoms with Crippen LogP contribution in [0.4, 0.5) is 0 Å². The van der Waals surface area contributed by atoms with E-state index in [4.69, 9.17) is 17.3 Å². The molecule has 7 heteroatoms. The van der Waals surface area contributed by atoms with Crippen LogP contribution in [-0.4, -0.2) is 32.4 Å². The van der Waals surface area contributed by atoms with Gasteiger partial charge in [-0.25, -0.2) is 8.42 Å². The molecule has 1 aromatic carbocycles. The van der Waals surface area contributed by atoms with Gasteiger partial charge in [0.1, 0.15) is 4.21 Å². The van der Waals surface area contributed by atoms with Crippen molar-refractivity contribution < 1.29 is 8.42 Å². The number of hydrogen-bond donors (Lipinski definition) is 1. The summed E-state index contributed by atoms with van der Waals surface area (Å²) in [5, 5.41) is 1.50. The first kappa shape index (κ1) is 15.2. The molecule has 21 heavy (non-hydrogen) atoms. The van der Waals surface area contributed by atoms with Gasteiger partial charge >= 0.3 is 0 Å². The maximum Gasteiger partial charge on any atom is 0.252 e. The topological polar surface area (TPSA) is 63.4 Å². The van der Waals surface area contributed by atoms with Crippen LogP contribution in [0, 0.1) is 5.92 Å². The zero-order valence-electron chi connectivity index (χ0n) is 11.5. The third-order valence-corrected chi connectivity index (χ3v) is 7.66. The summed E-state index contributed by atoms with van der Waals surface area (Å²) in [5.74, 6) is 0.442. The first-order chi connectivity index (χ1) is 10.0. The van der Waals surface area contributed by atoms with Gasteiger partial charge in [0.05, 0.1) is 0 Å². The van der Waals surface area contributed by atoms with Gasteiger partial charge in [0.15, 0.2) is 0 Å². The summed E-state index contributed by atoms with van der Waals surface area (Å²) < 4.78 is 28.3. The lowest BCUT2D eigenvalue weighted by molar-refractivity contribution is 0.279. The minimum Gasteiger partial charge on any atom is -0.330 e. The number of rotatable bonds is 3. The number of fused-ring (bicyclic) bond motifs is 1. The SMILES string of the molecule is NCC1CCN(S(=O)(=O)c2cc3cc(Cl)ccc3s2)CC1. The fraction of sp³-hybridized carbons (Fsp3) is 0.429. The Bertz CT molecular complexity index is 749. The second kappa shape index (κ2) is 5.85. The van der Waals surface area contributed by atoms with E-state index < -0.39 is 10.0 Å². The van der Waals surface area contributed by atoms with Gasteiger partial charge in [-0.2, -0.15) is 4.31 Å². The first-order valence-corrected chi connectivity index (χ1v) is 9.53. The van der Waals surface area contributed by atoms with Crippen molar-refractivity contribution in [1.82, 2.24) is 4.31 Å². The summed E-state index contributed by atoms with van der Waals surface area (Å²) in [7, 11) is -3.40. The first-order valence-electron chi connectivity index (χ1n) is 6.90. The van der Waals surface area contributed by atoms with Crippen LogP contribution in [-0.2, 0) is 10.0 Å². The zero-order valence-corrected chi connectivity index (χ0v) is 13.8. The molecule has 1 aromatic heterocycles. The van der Waals surface area contributed by atoms with Gasteiger partial charge in [-0.05, 0) is 55.0 Å². The molecule has 0 radical (unpaired) electrons. The van der Waals surface area contributed by atoms with Gasteiger partial charge < -0.3 is 5.73 Å². The van der Waals surface area contributed by atoms with Gasteiger partial charge in [0.25, 0.3) is 10.0 Å². The number of nitrogens with zero attached hydrogens (tertiary/aromatic N) is 1. The number of benzene rings is 1. The molecule has 114 valence electrons. The highest BCUT2D eigenvalue weighted by molar-refractivity contribution is 7.91. The Labute approximate surface area is 133 Å². The predicted octanol–water partition coefficient (Wildman–Crippen LogP) is 2.91. The molecule has 2 heterocycles. The fourth-order valence-electron chi connectivity index (χ4n) is 2.63. The minimum atomic E-state index is -3.40. The van der Waals surface area contributed by atoms with E-state index in [0.29, 0.717) is 34.8 Å². The molecule has 1 aliphatic rings. The van der Waals surface area contributed by atoms with Gasteiger partial charge in [-0.15, -0.1) is 11.3 Å². The lowest BCUT2D eigenvalue weighted by Crippen LogP contribution is -2.39. The number of nitrogens with two attached hydrogens (primary N) is 1. The highest BCUT2D eigenvalue weighted by atomic mass is 35.5. The normalized spacial score (nSPS) is 18.4. The monoisotopic (exact) mass is 344 g/mol. The van der Waals surface area contributed by atoms with Crippen LogP contribution in [0.2, 0.25) is 5.02 Å². The molecule has 3 rings (SSSR count). The van der Waals surface area contributed by atoms with E-state index in [1.54, 1.807) is 22.5 Å². The molecule has 0 saturated carbocycles. The summed E-state index contributed by atoms with van der Waals surface area (Å²) in [6, 6.07) is 7.16. The Kier molecular flexibility index (Phi) is 4.25. The molecule has 0 spiro atoms. The Balaban J connectivity index is 1.90. The molecule has 0 bridgehead atoms. The smallest absolute Gasteiger partial charge is 0.252 e. The second-order valence-corrected chi connectivity index (χ2v) is 9.02. The zero-order chi connectivity index (χ0) is 15.0. The van der Waals surface area contributed by atoms with Crippen LogP contribution < -0.4 is 5.73 Å². The van der Waals surface area contributed by atoms with E-state index in [-0.39, 0.29) is 0 Å². The summed E-state index contributed by atoms with van der Waals surface area (Å²) in [4.78, 5) is 0. The van der Waals surface area contributed by atoms with Crippen LogP contribution in [0.15, 0.2) is 28.5 Å². The Morgan fingerprint density at radius 1 is 1.29 bits per heavy atom. The van der Waals surface area contributed by atoms with E-state index in [1.165, 1.54) is 11.3 Å². The Hall–Kier alpha value is -0.660. The summed E-state index contributed by atoms with van der Waals surface area (Å²) in [6.45, 7) is 1.74. The van der Waals surface area contributed by atoms with Crippen LogP contribution >= 0.6 is 22.9 Å². The van der Waals surface area contributed by atoms with Crippen LogP contribution in [0.25, 0.3) is 10.1 Å². The maximum absolute atomic E-state index is 12.7. The van der Waals surface area contributed by atoms with Crippen molar-refractivity contribution in [1.29, 1.82) is 0 Å². The molecule has 2 aromatic rings. The van der Waals surface area contributed by atoms with E-state index >= 15 is 0 Å². The summed E-state index contributed by atoms with van der Waals surface area (Å²) in [6.07, 6.45) is 1.68. The Morgan fingerprint density at radius 3 is 2.67 bits per heavy atom. The molecule has 0 aliphatic carbocycles. The Morgan fingerprint density at radius 2 is 2.00 bits per heavy atom. The number of thiophene rings is 1. The van der Waals surface area contributed by atoms with Crippen molar-refractivity contribution in [3.63, 3.8) is 0 Å². The largest absolute Gasteiger partial charge is 0.330 e. The van der Waals surface area contributed by atoms with Crippen molar-refractivity contribution in [2.75, 3.05) is 19.6 Å². The summed E-state index contributed by atoms with van der Waals surface area (Å²) in [5.41, 5.74) is 5.66. The van der Waals surface area contributed by atoms with Crippen LogP contribution in [0.3, 0.4) is 0 Å². The average molecular weight is 345 g/mol. The maximum atomic E-state index is 12.7. The van der Waals surface area contributed by atoms with Crippen molar-refractivity contribution in [3.05, 3.63) is 29.3 Å². The van der Waals surface area contributed by atoms with Gasteiger partial charge in [0.2, 0.25) is 0 Å². The number of sulfonamides is 1. The average Bonchev–Trinajstić information content (AvgIpc) is 2.91. The van der Waals surface area contributed by atoms with Gasteiger partial charge in [-0.3, -0.25) is 0 Å². The molecule has 4 nitrogen and oxygen atoms in total. The van der Waals surface area contributed by atoms with E-state index in [2.05, 4.69) is 0 Å². The lowest BCUT2D eigenvalue weighted by atomic mass is 9.99. The van der Waals surface area contributed by atoms with Crippen LogP contribution in [0.5, 0.6) is 0 Å². The third-order valence-electron chi connectivity index (χ3n) is 3.96. The van der Waals surface area contributed by atoms with E-state index in [1.807, 2.05) is 6.07 Å². The highest BCUT2D eigenvalue weighted by Gasteiger charge is 2.30. The van der Waals surface area contributed by atoms with Crippen LogP contribution in [0.1, 0.15) is 12.8 Å². The van der Waals surface area contributed by atoms with E-state index in [0.717, 1.165) is 22.9 Å². The molecular weight excluding hydrogens is 328 g/mol. The molecule has 1 saturated heterocycles. The highest BCUT2D eigenvalue weighted by Crippen LogP contribution is 2.33. The molecule has 1 aliphatic heterocycles. The standard InChI is InChI=1S/C14H17ClN2O2S2/c15-12-1-2-13-11(7-12)8-14(20-13)21(18,19)17-5-3-10(9-16)4-6-17/h1-2,7-8,10H,3-6,9,16H2. The van der Waals surface area contributed by atoms with Crippen molar-refractivity contribution >= 4 is 43.0 Å². The number of halogens is 1. The van der Waals surface area contributed by atoms with Crippen molar-refractivity contribution in [2.24, 2.45) is 11.7 Å². The van der Waals surface area contributed by atoms with E-state index in [9.17, 15) is 8.42 Å². The number of hydrogen-bond acceptors (Lipinski definition) is 4. The lowest BCUT2D eigenvalue weighted by Gasteiger charge is -2.30. The third kappa shape index (κ3) is 2.96. The predicted molar refractivity (Wildman–Crippen MR) is 87.4 cm³/mol. The molecule has 0 unspecified atom stereocenters. The fourth-order valence-corrected chi connectivity index (χ4v) is 5.81. The molecular formula is C14H17ClN2O2S2.